The Morgan fingerprint density at radius 2 is 1.83 bits per heavy atom. The van der Waals surface area contributed by atoms with E-state index in [1.165, 1.54) is 24.9 Å². The van der Waals surface area contributed by atoms with Crippen LogP contribution in [0.15, 0.2) is 18.3 Å². The fourth-order valence-electron chi connectivity index (χ4n) is 2.57. The Morgan fingerprint density at radius 1 is 1.24 bits per heavy atom. The van der Waals surface area contributed by atoms with Crippen molar-refractivity contribution in [1.82, 2.24) is 4.57 Å². The number of hydrogen-bond acceptors (Lipinski definition) is 5. The molecule has 3 rings (SSSR count). The minimum Gasteiger partial charge on any atom is -0.376 e. The Labute approximate surface area is 171 Å². The number of nitrogens with zero attached hydrogens (tertiary/aromatic N) is 1. The molecular formula is C18H22ClF3N4O3. The Balaban J connectivity index is 0.000000989. The minimum atomic E-state index is -1.22. The Hall–Kier alpha value is -2.56. The normalized spacial score (nSPS) is 13.8. The van der Waals surface area contributed by atoms with Gasteiger partial charge in [-0.1, -0.05) is 11.6 Å². The maximum absolute atomic E-state index is 14.6. The number of ether oxygens (including phenoxy) is 1. The molecule has 7 nitrogen and oxygen atoms in total. The number of nitrogens with one attached hydrogen (secondary N) is 2. The lowest BCUT2D eigenvalue weighted by atomic mass is 10.0. The number of hydrogen-bond donors (Lipinski definition) is 3. The van der Waals surface area contributed by atoms with Crippen molar-refractivity contribution in [2.45, 2.75) is 12.5 Å². The minimum absolute atomic E-state index is 0.0802. The fraction of sp³-hybridized carbons (Fsp3) is 0.333. The third-order valence-corrected chi connectivity index (χ3v) is 4.13. The molecule has 1 fully saturated rings. The molecule has 4 N–H and O–H groups in total. The fourth-order valence-corrected chi connectivity index (χ4v) is 2.78. The summed E-state index contributed by atoms with van der Waals surface area (Å²) in [7, 11) is 3.00. The molecule has 1 amide bonds. The maximum atomic E-state index is 14.6. The standard InChI is InChI=1S/C16H15ClF3N3O2.CH5N.CH2O/c1-16(6-25-7-16)22-11-5-23(2)14(13(11)20)15(24)21-8-3-9(17)12(19)10(18)4-8;2*1-2/h3-5,22H,6-7H2,1-2H3,(H,21,24);2H2,1H3;1H2. The van der Waals surface area contributed by atoms with E-state index in [-0.39, 0.29) is 17.1 Å². The smallest absolute Gasteiger partial charge is 0.275 e. The number of rotatable bonds is 4. The van der Waals surface area contributed by atoms with Gasteiger partial charge < -0.3 is 30.5 Å². The summed E-state index contributed by atoms with van der Waals surface area (Å²) in [6.45, 7) is 4.72. The maximum Gasteiger partial charge on any atom is 0.275 e. The van der Waals surface area contributed by atoms with Gasteiger partial charge in [-0.15, -0.1) is 0 Å². The van der Waals surface area contributed by atoms with E-state index >= 15 is 0 Å². The molecule has 11 heteroatoms. The molecule has 0 atom stereocenters. The van der Waals surface area contributed by atoms with Crippen molar-refractivity contribution in [2.75, 3.05) is 30.9 Å². The van der Waals surface area contributed by atoms with E-state index in [0.717, 1.165) is 12.1 Å². The predicted molar refractivity (Wildman–Crippen MR) is 105 cm³/mol. The van der Waals surface area contributed by atoms with Gasteiger partial charge in [-0.2, -0.15) is 0 Å². The summed E-state index contributed by atoms with van der Waals surface area (Å²) < 4.78 is 47.6. The van der Waals surface area contributed by atoms with Gasteiger partial charge >= 0.3 is 0 Å². The van der Waals surface area contributed by atoms with Gasteiger partial charge in [0.15, 0.2) is 17.5 Å². The van der Waals surface area contributed by atoms with E-state index < -0.39 is 33.9 Å². The molecule has 0 bridgehead atoms. The number of carbonyl (C=O) groups is 2. The number of aryl methyl sites for hydroxylation is 1. The van der Waals surface area contributed by atoms with Gasteiger partial charge in [-0.25, -0.2) is 13.2 Å². The van der Waals surface area contributed by atoms with Crippen LogP contribution in [0.2, 0.25) is 5.02 Å². The van der Waals surface area contributed by atoms with Crippen LogP contribution in [0.1, 0.15) is 17.4 Å². The van der Waals surface area contributed by atoms with Crippen molar-refractivity contribution in [3.8, 4) is 0 Å². The second kappa shape index (κ2) is 10.3. The Bertz CT molecular complexity index is 849. The number of aromatic nitrogens is 1. The van der Waals surface area contributed by atoms with Crippen molar-refractivity contribution >= 4 is 35.7 Å². The molecule has 1 aliphatic rings. The van der Waals surface area contributed by atoms with Gasteiger partial charge in [0.05, 0.1) is 29.5 Å². The van der Waals surface area contributed by atoms with Crippen molar-refractivity contribution in [1.29, 1.82) is 0 Å². The van der Waals surface area contributed by atoms with Gasteiger partial charge in [-0.05, 0) is 20.0 Å². The summed E-state index contributed by atoms with van der Waals surface area (Å²) in [6.07, 6.45) is 1.44. The zero-order chi connectivity index (χ0) is 22.4. The van der Waals surface area contributed by atoms with Crippen LogP contribution >= 0.6 is 11.6 Å². The molecule has 1 saturated heterocycles. The summed E-state index contributed by atoms with van der Waals surface area (Å²) in [6, 6.07) is 1.82. The quantitative estimate of drug-likeness (QED) is 0.643. The number of halogens is 4. The van der Waals surface area contributed by atoms with E-state index in [0.29, 0.717) is 13.2 Å². The first-order valence-corrected chi connectivity index (χ1v) is 8.61. The predicted octanol–water partition coefficient (Wildman–Crippen LogP) is 2.94. The molecule has 2 heterocycles. The molecule has 1 aromatic heterocycles. The van der Waals surface area contributed by atoms with Gasteiger partial charge in [0.2, 0.25) is 0 Å². The summed E-state index contributed by atoms with van der Waals surface area (Å²) in [4.78, 5) is 20.3. The number of amides is 1. The molecule has 1 aromatic carbocycles. The monoisotopic (exact) mass is 434 g/mol. The number of benzene rings is 1. The second-order valence-corrected chi connectivity index (χ2v) is 6.61. The van der Waals surface area contributed by atoms with Crippen LogP contribution in [-0.2, 0) is 16.6 Å². The summed E-state index contributed by atoms with van der Waals surface area (Å²) >= 11 is 5.54. The average Bonchev–Trinajstić information content (AvgIpc) is 2.94. The molecule has 0 unspecified atom stereocenters. The van der Waals surface area contributed by atoms with Crippen LogP contribution < -0.4 is 16.4 Å². The van der Waals surface area contributed by atoms with Gasteiger partial charge in [0, 0.05) is 25.0 Å². The van der Waals surface area contributed by atoms with E-state index in [9.17, 15) is 18.0 Å². The number of nitrogens with two attached hydrogens (primary N) is 1. The van der Waals surface area contributed by atoms with E-state index in [2.05, 4.69) is 16.4 Å². The highest BCUT2D eigenvalue weighted by atomic mass is 35.5. The van der Waals surface area contributed by atoms with Gasteiger partial charge in [0.1, 0.15) is 12.5 Å². The highest BCUT2D eigenvalue weighted by Gasteiger charge is 2.35. The van der Waals surface area contributed by atoms with Crippen LogP contribution in [0.3, 0.4) is 0 Å². The molecule has 2 aromatic rings. The zero-order valence-electron chi connectivity index (χ0n) is 16.1. The molecule has 1 aliphatic heterocycles. The van der Waals surface area contributed by atoms with E-state index in [1.807, 2.05) is 13.7 Å². The van der Waals surface area contributed by atoms with Crippen LogP contribution in [0.25, 0.3) is 0 Å². The largest absolute Gasteiger partial charge is 0.376 e. The number of anilines is 2. The lowest BCUT2D eigenvalue weighted by molar-refractivity contribution is -0.0980. The van der Waals surface area contributed by atoms with Crippen molar-refractivity contribution < 1.29 is 27.5 Å². The van der Waals surface area contributed by atoms with Crippen LogP contribution in [0.4, 0.5) is 24.5 Å². The van der Waals surface area contributed by atoms with Crippen LogP contribution in [0, 0.1) is 17.5 Å². The average molecular weight is 435 g/mol. The van der Waals surface area contributed by atoms with E-state index in [1.54, 1.807) is 0 Å². The highest BCUT2D eigenvalue weighted by molar-refractivity contribution is 6.31. The van der Waals surface area contributed by atoms with Gasteiger partial charge in [-0.3, -0.25) is 4.79 Å². The molecule has 0 spiro atoms. The van der Waals surface area contributed by atoms with E-state index in [4.69, 9.17) is 21.1 Å². The van der Waals surface area contributed by atoms with Crippen LogP contribution in [0.5, 0.6) is 0 Å². The van der Waals surface area contributed by atoms with Crippen molar-refractivity contribution in [3.63, 3.8) is 0 Å². The molecule has 0 radical (unpaired) electrons. The third kappa shape index (κ3) is 5.49. The SMILES string of the molecule is C=O.CN.Cn1cc(NC2(C)COC2)c(F)c1C(=O)Nc1cc(F)c(F)c(Cl)c1. The summed E-state index contributed by atoms with van der Waals surface area (Å²) in [5, 5.41) is 4.82. The highest BCUT2D eigenvalue weighted by Crippen LogP contribution is 2.28. The third-order valence-electron chi connectivity index (χ3n) is 3.85. The molecule has 29 heavy (non-hydrogen) atoms. The second-order valence-electron chi connectivity index (χ2n) is 6.20. The molecule has 160 valence electrons. The summed E-state index contributed by atoms with van der Waals surface area (Å²) in [5.74, 6) is -3.99. The molecular weight excluding hydrogens is 413 g/mol. The number of carbonyl (C=O) groups excluding carboxylic acids is 2. The summed E-state index contributed by atoms with van der Waals surface area (Å²) in [5.41, 5.74) is 3.92. The van der Waals surface area contributed by atoms with Crippen molar-refractivity contribution in [2.24, 2.45) is 12.8 Å². The first-order valence-electron chi connectivity index (χ1n) is 8.23. The van der Waals surface area contributed by atoms with Crippen molar-refractivity contribution in [3.05, 3.63) is 46.5 Å². The lowest BCUT2D eigenvalue weighted by Crippen LogP contribution is -2.53. The Morgan fingerprint density at radius 3 is 2.31 bits per heavy atom. The Kier molecular flexibility index (Phi) is 8.68. The topological polar surface area (TPSA) is 98.4 Å². The van der Waals surface area contributed by atoms with Crippen LogP contribution in [-0.4, -0.2) is 43.1 Å². The first kappa shape index (κ1) is 24.5. The molecule has 0 aliphatic carbocycles. The first-order chi connectivity index (χ1) is 13.7. The zero-order valence-corrected chi connectivity index (χ0v) is 16.9. The van der Waals surface area contributed by atoms with Gasteiger partial charge in [0.25, 0.3) is 5.91 Å². The lowest BCUT2D eigenvalue weighted by Gasteiger charge is -2.39. The molecule has 0 saturated carbocycles.